The van der Waals surface area contributed by atoms with Crippen LogP contribution in [0.3, 0.4) is 0 Å². The molecule has 58 heavy (non-hydrogen) atoms. The topological polar surface area (TPSA) is 51.6 Å². The molecule has 0 bridgehead atoms. The zero-order chi connectivity index (χ0) is 38.4. The second-order valence-corrected chi connectivity index (χ2v) is 14.7. The molecule has 0 spiro atoms. The Morgan fingerprint density at radius 1 is 0.207 bits per heavy atom. The van der Waals surface area contributed by atoms with Gasteiger partial charge in [-0.25, -0.2) is 19.9 Å². The summed E-state index contributed by atoms with van der Waals surface area (Å²) in [5.74, 6) is 0.630. The van der Waals surface area contributed by atoms with Gasteiger partial charge in [-0.2, -0.15) is 0 Å². The van der Waals surface area contributed by atoms with Crippen LogP contribution in [0.5, 0.6) is 0 Å². The molecule has 0 aliphatic carbocycles. The highest BCUT2D eigenvalue weighted by atomic mass is 14.9. The molecule has 0 saturated heterocycles. The van der Waals surface area contributed by atoms with E-state index in [0.29, 0.717) is 5.82 Å². The molecule has 3 heterocycles. The van der Waals surface area contributed by atoms with Crippen LogP contribution in [0.4, 0.5) is 0 Å². The Morgan fingerprint density at radius 2 is 0.603 bits per heavy atom. The van der Waals surface area contributed by atoms with E-state index in [1.54, 1.807) is 0 Å². The van der Waals surface area contributed by atoms with Gasteiger partial charge >= 0.3 is 0 Å². The second-order valence-electron chi connectivity index (χ2n) is 14.7. The van der Waals surface area contributed by atoms with Crippen molar-refractivity contribution in [1.82, 2.24) is 19.9 Å². The van der Waals surface area contributed by atoms with Crippen LogP contribution in [0.1, 0.15) is 0 Å². The number of fused-ring (bicyclic) bond motifs is 4. The summed E-state index contributed by atoms with van der Waals surface area (Å²) in [4.78, 5) is 21.0. The molecule has 0 atom stereocenters. The summed E-state index contributed by atoms with van der Waals surface area (Å²) < 4.78 is 0. The Bertz CT molecular complexity index is 3190. The van der Waals surface area contributed by atoms with Crippen molar-refractivity contribution in [3.8, 4) is 67.5 Å². The van der Waals surface area contributed by atoms with Gasteiger partial charge in [-0.05, 0) is 93.3 Å². The lowest BCUT2D eigenvalue weighted by atomic mass is 9.98. The van der Waals surface area contributed by atoms with Crippen LogP contribution in [0, 0.1) is 0 Å². The first-order chi connectivity index (χ1) is 28.7. The standard InChI is InChI=1S/C54H34N4/c1-3-11-35(12-4-1)36-19-21-38(22-20-36)53-34-52(37-13-5-2-6-14-37)57-54(58-53)47-30-45(48-25-23-43-27-39-15-7-9-17-41(39)32-50(43)55-48)29-46(31-47)49-26-24-44-28-40-16-8-10-18-42(40)33-51(44)56-49/h1-34H. The van der Waals surface area contributed by atoms with Gasteiger partial charge in [0.1, 0.15) is 0 Å². The van der Waals surface area contributed by atoms with Crippen molar-refractivity contribution in [3.63, 3.8) is 0 Å². The van der Waals surface area contributed by atoms with Gasteiger partial charge in [0, 0.05) is 38.6 Å². The Kier molecular flexibility index (Phi) is 8.11. The quantitative estimate of drug-likeness (QED) is 0.159. The van der Waals surface area contributed by atoms with Crippen molar-refractivity contribution in [2.45, 2.75) is 0 Å². The molecule has 0 radical (unpaired) electrons. The minimum atomic E-state index is 0.630. The molecule has 8 aromatic carbocycles. The molecule has 0 N–H and O–H groups in total. The smallest absolute Gasteiger partial charge is 0.160 e. The summed E-state index contributed by atoms with van der Waals surface area (Å²) in [5, 5.41) is 6.93. The molecular formula is C54H34N4. The number of benzene rings is 8. The van der Waals surface area contributed by atoms with Gasteiger partial charge in [-0.3, -0.25) is 0 Å². The molecule has 0 aliphatic rings. The zero-order valence-corrected chi connectivity index (χ0v) is 31.4. The fourth-order valence-electron chi connectivity index (χ4n) is 7.94. The van der Waals surface area contributed by atoms with E-state index in [9.17, 15) is 0 Å². The van der Waals surface area contributed by atoms with Gasteiger partial charge in [0.25, 0.3) is 0 Å². The minimum absolute atomic E-state index is 0.630. The van der Waals surface area contributed by atoms with E-state index >= 15 is 0 Å². The van der Waals surface area contributed by atoms with Crippen molar-refractivity contribution in [3.05, 3.63) is 206 Å². The molecule has 0 aliphatic heterocycles. The first-order valence-corrected chi connectivity index (χ1v) is 19.5. The maximum atomic E-state index is 5.29. The molecule has 4 nitrogen and oxygen atoms in total. The molecule has 270 valence electrons. The van der Waals surface area contributed by atoms with Crippen molar-refractivity contribution < 1.29 is 0 Å². The normalized spacial score (nSPS) is 11.4. The SMILES string of the molecule is c1ccc(-c2ccc(-c3cc(-c4ccccc4)nc(-c4cc(-c5ccc6cc7ccccc7cc6n5)cc(-c5ccc6cc7ccccc7cc6n5)c4)n3)cc2)cc1. The van der Waals surface area contributed by atoms with Gasteiger partial charge in [0.2, 0.25) is 0 Å². The van der Waals surface area contributed by atoms with Crippen LogP contribution >= 0.6 is 0 Å². The van der Waals surface area contributed by atoms with Crippen LogP contribution in [0.15, 0.2) is 206 Å². The van der Waals surface area contributed by atoms with Crippen LogP contribution in [0.2, 0.25) is 0 Å². The zero-order valence-electron chi connectivity index (χ0n) is 31.4. The number of pyridine rings is 2. The average Bonchev–Trinajstić information content (AvgIpc) is 3.30. The van der Waals surface area contributed by atoms with Gasteiger partial charge in [-0.15, -0.1) is 0 Å². The lowest BCUT2D eigenvalue weighted by Crippen LogP contribution is -1.97. The van der Waals surface area contributed by atoms with Crippen molar-refractivity contribution in [1.29, 1.82) is 0 Å². The third-order valence-electron chi connectivity index (χ3n) is 11.0. The van der Waals surface area contributed by atoms with E-state index in [1.165, 1.54) is 16.3 Å². The predicted molar refractivity (Wildman–Crippen MR) is 240 cm³/mol. The van der Waals surface area contributed by atoms with Crippen LogP contribution in [-0.4, -0.2) is 19.9 Å². The first-order valence-electron chi connectivity index (χ1n) is 19.5. The van der Waals surface area contributed by atoms with E-state index < -0.39 is 0 Å². The molecule has 0 unspecified atom stereocenters. The Morgan fingerprint density at radius 3 is 1.12 bits per heavy atom. The van der Waals surface area contributed by atoms with Crippen molar-refractivity contribution in [2.24, 2.45) is 0 Å². The maximum absolute atomic E-state index is 5.29. The Labute approximate surface area is 335 Å². The fourth-order valence-corrected chi connectivity index (χ4v) is 7.94. The molecule has 11 rings (SSSR count). The van der Waals surface area contributed by atoms with E-state index in [0.717, 1.165) is 88.7 Å². The summed E-state index contributed by atoms with van der Waals surface area (Å²) in [7, 11) is 0. The van der Waals surface area contributed by atoms with Gasteiger partial charge in [0.15, 0.2) is 5.82 Å². The molecule has 0 amide bonds. The first kappa shape index (κ1) is 33.5. The Balaban J connectivity index is 1.10. The molecule has 0 saturated carbocycles. The molecule has 3 aromatic heterocycles. The van der Waals surface area contributed by atoms with Crippen LogP contribution < -0.4 is 0 Å². The lowest BCUT2D eigenvalue weighted by molar-refractivity contribution is 1.18. The highest BCUT2D eigenvalue weighted by molar-refractivity contribution is 5.99. The van der Waals surface area contributed by atoms with E-state index in [-0.39, 0.29) is 0 Å². The number of rotatable bonds is 6. The number of hydrogen-bond donors (Lipinski definition) is 0. The highest BCUT2D eigenvalue weighted by Crippen LogP contribution is 2.36. The largest absolute Gasteiger partial charge is 0.248 e. The van der Waals surface area contributed by atoms with Crippen molar-refractivity contribution in [2.75, 3.05) is 0 Å². The van der Waals surface area contributed by atoms with Gasteiger partial charge < -0.3 is 0 Å². The van der Waals surface area contributed by atoms with Gasteiger partial charge in [-0.1, -0.05) is 146 Å². The molecule has 11 aromatic rings. The third kappa shape index (κ3) is 6.33. The molecule has 4 heteroatoms. The van der Waals surface area contributed by atoms with Crippen LogP contribution in [0.25, 0.3) is 111 Å². The maximum Gasteiger partial charge on any atom is 0.160 e. The van der Waals surface area contributed by atoms with E-state index in [1.807, 2.05) is 24.3 Å². The third-order valence-corrected chi connectivity index (χ3v) is 11.0. The summed E-state index contributed by atoms with van der Waals surface area (Å²) in [6.07, 6.45) is 0. The van der Waals surface area contributed by atoms with E-state index in [4.69, 9.17) is 19.9 Å². The summed E-state index contributed by atoms with van der Waals surface area (Å²) in [6.45, 7) is 0. The second kappa shape index (κ2) is 14.0. The lowest BCUT2D eigenvalue weighted by Gasteiger charge is -2.13. The number of nitrogens with zero attached hydrogens (tertiary/aromatic N) is 4. The highest BCUT2D eigenvalue weighted by Gasteiger charge is 2.16. The van der Waals surface area contributed by atoms with E-state index in [2.05, 4.69) is 182 Å². The summed E-state index contributed by atoms with van der Waals surface area (Å²) in [5.41, 5.74) is 12.5. The van der Waals surface area contributed by atoms with Crippen LogP contribution in [-0.2, 0) is 0 Å². The van der Waals surface area contributed by atoms with Gasteiger partial charge in [0.05, 0.1) is 33.8 Å². The Hall–Kier alpha value is -7.82. The monoisotopic (exact) mass is 738 g/mol. The number of aromatic nitrogens is 4. The molecular weight excluding hydrogens is 705 g/mol. The summed E-state index contributed by atoms with van der Waals surface area (Å²) in [6, 6.07) is 72.2. The summed E-state index contributed by atoms with van der Waals surface area (Å²) >= 11 is 0. The molecule has 0 fully saturated rings. The number of hydrogen-bond acceptors (Lipinski definition) is 4. The predicted octanol–water partition coefficient (Wildman–Crippen LogP) is 13.9. The average molecular weight is 739 g/mol. The minimum Gasteiger partial charge on any atom is -0.248 e. The van der Waals surface area contributed by atoms with Crippen molar-refractivity contribution >= 4 is 43.4 Å². The fraction of sp³-hybridized carbons (Fsp3) is 0.